The maximum atomic E-state index is 11.5. The quantitative estimate of drug-likeness (QED) is 0.867. The maximum absolute atomic E-state index is 11.5. The van der Waals surface area contributed by atoms with Gasteiger partial charge in [-0.25, -0.2) is 0 Å². The number of ketones is 1. The van der Waals surface area contributed by atoms with Crippen molar-refractivity contribution in [1.29, 1.82) is 0 Å². The molecule has 0 aromatic heterocycles. The lowest BCUT2D eigenvalue weighted by Gasteiger charge is -2.07. The zero-order valence-corrected chi connectivity index (χ0v) is 11.9. The fraction of sp³-hybridized carbons (Fsp3) is 0.357. The molecule has 2 amide bonds. The zero-order chi connectivity index (χ0) is 14.5. The number of nitrogens with one attached hydrogen (secondary N) is 1. The van der Waals surface area contributed by atoms with Gasteiger partial charge in [-0.1, -0.05) is 30.8 Å². The molecule has 1 aromatic rings. The normalized spacial score (nSPS) is 17.9. The maximum Gasteiger partial charge on any atom is 0.286 e. The highest BCUT2D eigenvalue weighted by molar-refractivity contribution is 8.15. The summed E-state index contributed by atoms with van der Waals surface area (Å²) in [7, 11) is 0. The van der Waals surface area contributed by atoms with Gasteiger partial charge in [0, 0.05) is 6.42 Å². The lowest BCUT2D eigenvalue weighted by atomic mass is 10.1. The van der Waals surface area contributed by atoms with Gasteiger partial charge in [-0.05, 0) is 24.1 Å². The van der Waals surface area contributed by atoms with Crippen LogP contribution in [-0.2, 0) is 16.0 Å². The number of amides is 2. The Hall–Kier alpha value is -1.82. The van der Waals surface area contributed by atoms with Gasteiger partial charge in [0.25, 0.3) is 5.24 Å². The Morgan fingerprint density at radius 2 is 2.00 bits per heavy atom. The monoisotopic (exact) mass is 293 g/mol. The summed E-state index contributed by atoms with van der Waals surface area (Å²) >= 11 is 1.01. The highest BCUT2D eigenvalue weighted by Crippen LogP contribution is 2.23. The molecule has 0 radical (unpaired) electrons. The number of carbonyl (C=O) groups excluding carboxylic acids is 3. The van der Waals surface area contributed by atoms with Gasteiger partial charge in [0.1, 0.15) is 12.4 Å². The molecule has 0 aliphatic carbocycles. The van der Waals surface area contributed by atoms with Crippen LogP contribution in [0.5, 0.6) is 5.75 Å². The Labute approximate surface area is 121 Å². The van der Waals surface area contributed by atoms with E-state index in [1.807, 2.05) is 12.1 Å². The highest BCUT2D eigenvalue weighted by Gasteiger charge is 2.31. The van der Waals surface area contributed by atoms with E-state index in [1.165, 1.54) is 0 Å². The topological polar surface area (TPSA) is 72.5 Å². The number of benzene rings is 1. The SMILES string of the molecule is CCC(=O)COc1ccc(CC2SC(=O)NC2=O)cc1. The minimum absolute atomic E-state index is 0.0478. The predicted molar refractivity (Wildman–Crippen MR) is 75.9 cm³/mol. The number of thioether (sulfide) groups is 1. The molecule has 1 aliphatic rings. The van der Waals surface area contributed by atoms with E-state index in [2.05, 4.69) is 5.32 Å². The second-order valence-corrected chi connectivity index (χ2v) is 5.59. The number of rotatable bonds is 6. The van der Waals surface area contributed by atoms with Crippen LogP contribution >= 0.6 is 11.8 Å². The first kappa shape index (κ1) is 14.6. The largest absolute Gasteiger partial charge is 0.486 e. The van der Waals surface area contributed by atoms with Crippen LogP contribution in [0.1, 0.15) is 18.9 Å². The van der Waals surface area contributed by atoms with Crippen LogP contribution in [-0.4, -0.2) is 28.8 Å². The zero-order valence-electron chi connectivity index (χ0n) is 11.0. The van der Waals surface area contributed by atoms with Crippen LogP contribution in [0.15, 0.2) is 24.3 Å². The number of ether oxygens (including phenoxy) is 1. The van der Waals surface area contributed by atoms with Gasteiger partial charge in [-0.3, -0.25) is 19.7 Å². The lowest BCUT2D eigenvalue weighted by Crippen LogP contribution is -2.25. The lowest BCUT2D eigenvalue weighted by molar-refractivity contribution is -0.121. The molecule has 0 saturated carbocycles. The molecule has 1 atom stereocenters. The van der Waals surface area contributed by atoms with E-state index in [0.717, 1.165) is 17.3 Å². The van der Waals surface area contributed by atoms with Gasteiger partial charge in [0.05, 0.1) is 5.25 Å². The average molecular weight is 293 g/mol. The van der Waals surface area contributed by atoms with E-state index in [9.17, 15) is 14.4 Å². The van der Waals surface area contributed by atoms with E-state index < -0.39 is 0 Å². The molecule has 0 spiro atoms. The molecule has 1 heterocycles. The Morgan fingerprint density at radius 3 is 2.55 bits per heavy atom. The van der Waals surface area contributed by atoms with Crippen molar-refractivity contribution >= 4 is 28.7 Å². The van der Waals surface area contributed by atoms with Crippen LogP contribution in [0.4, 0.5) is 4.79 Å². The molecular formula is C14H15NO4S. The summed E-state index contributed by atoms with van der Waals surface area (Å²) in [6.45, 7) is 1.87. The van der Waals surface area contributed by atoms with Crippen molar-refractivity contribution in [3.05, 3.63) is 29.8 Å². The predicted octanol–water partition coefficient (Wildman–Crippen LogP) is 1.94. The van der Waals surface area contributed by atoms with E-state index in [4.69, 9.17) is 4.74 Å². The van der Waals surface area contributed by atoms with Gasteiger partial charge in [-0.2, -0.15) is 0 Å². The van der Waals surface area contributed by atoms with Crippen molar-refractivity contribution in [3.8, 4) is 5.75 Å². The van der Waals surface area contributed by atoms with Crippen molar-refractivity contribution in [2.45, 2.75) is 25.0 Å². The summed E-state index contributed by atoms with van der Waals surface area (Å²) < 4.78 is 5.33. The summed E-state index contributed by atoms with van der Waals surface area (Å²) in [5.41, 5.74) is 0.946. The van der Waals surface area contributed by atoms with Crippen LogP contribution in [0.3, 0.4) is 0 Å². The Kier molecular flexibility index (Phi) is 4.79. The molecular weight excluding hydrogens is 278 g/mol. The summed E-state index contributed by atoms with van der Waals surface area (Å²) in [5, 5.41) is 1.60. The molecule has 6 heteroatoms. The third kappa shape index (κ3) is 3.84. The molecule has 1 fully saturated rings. The van der Waals surface area contributed by atoms with E-state index >= 15 is 0 Å². The number of hydrogen-bond donors (Lipinski definition) is 1. The summed E-state index contributed by atoms with van der Waals surface area (Å²) in [6.07, 6.45) is 0.955. The minimum atomic E-state index is -0.365. The van der Waals surface area contributed by atoms with Crippen LogP contribution in [0, 0.1) is 0 Å². The third-order valence-corrected chi connectivity index (χ3v) is 3.89. The first-order chi connectivity index (χ1) is 9.58. The van der Waals surface area contributed by atoms with Crippen LogP contribution in [0.25, 0.3) is 0 Å². The van der Waals surface area contributed by atoms with Crippen LogP contribution < -0.4 is 10.1 Å². The smallest absolute Gasteiger partial charge is 0.286 e. The standard InChI is InChI=1S/C14H15NO4S/c1-2-10(16)8-19-11-5-3-9(4-6-11)7-12-13(17)15-14(18)20-12/h3-6,12H,2,7-8H2,1H3,(H,15,17,18). The van der Waals surface area contributed by atoms with Crippen LogP contribution in [0.2, 0.25) is 0 Å². The third-order valence-electron chi connectivity index (χ3n) is 2.91. The van der Waals surface area contributed by atoms with Gasteiger partial charge in [0.15, 0.2) is 5.78 Å². The molecule has 1 N–H and O–H groups in total. The molecule has 1 aliphatic heterocycles. The Bertz CT molecular complexity index is 526. The summed E-state index contributed by atoms with van der Waals surface area (Å²) in [5.74, 6) is 0.427. The highest BCUT2D eigenvalue weighted by atomic mass is 32.2. The van der Waals surface area contributed by atoms with Gasteiger partial charge in [0.2, 0.25) is 5.91 Å². The number of carbonyl (C=O) groups is 3. The number of Topliss-reactive ketones (excluding diaryl/α,β-unsaturated/α-hetero) is 1. The first-order valence-electron chi connectivity index (χ1n) is 6.33. The van der Waals surface area contributed by atoms with E-state index in [1.54, 1.807) is 19.1 Å². The van der Waals surface area contributed by atoms with Crippen molar-refractivity contribution in [1.82, 2.24) is 5.32 Å². The summed E-state index contributed by atoms with van der Waals surface area (Å²) in [4.78, 5) is 33.7. The molecule has 0 bridgehead atoms. The molecule has 5 nitrogen and oxygen atoms in total. The van der Waals surface area contributed by atoms with Gasteiger partial charge >= 0.3 is 0 Å². The van der Waals surface area contributed by atoms with Gasteiger partial charge < -0.3 is 4.74 Å². The number of imide groups is 1. The Morgan fingerprint density at radius 1 is 1.30 bits per heavy atom. The fourth-order valence-electron chi connectivity index (χ4n) is 1.73. The second-order valence-electron chi connectivity index (χ2n) is 4.41. The molecule has 1 aromatic carbocycles. The van der Waals surface area contributed by atoms with E-state index in [-0.39, 0.29) is 28.8 Å². The molecule has 1 unspecified atom stereocenters. The summed E-state index contributed by atoms with van der Waals surface area (Å²) in [6, 6.07) is 7.19. The second kappa shape index (κ2) is 6.56. The first-order valence-corrected chi connectivity index (χ1v) is 7.21. The molecule has 2 rings (SSSR count). The van der Waals surface area contributed by atoms with Crippen molar-refractivity contribution in [2.24, 2.45) is 0 Å². The average Bonchev–Trinajstić information content (AvgIpc) is 2.75. The van der Waals surface area contributed by atoms with Crippen molar-refractivity contribution in [2.75, 3.05) is 6.61 Å². The van der Waals surface area contributed by atoms with Gasteiger partial charge in [-0.15, -0.1) is 0 Å². The molecule has 106 valence electrons. The van der Waals surface area contributed by atoms with Crippen molar-refractivity contribution in [3.63, 3.8) is 0 Å². The van der Waals surface area contributed by atoms with E-state index in [0.29, 0.717) is 18.6 Å². The fourth-order valence-corrected chi connectivity index (χ4v) is 2.59. The molecule has 1 saturated heterocycles. The van der Waals surface area contributed by atoms with Crippen molar-refractivity contribution < 1.29 is 19.1 Å². The Balaban J connectivity index is 1.90. The molecule has 20 heavy (non-hydrogen) atoms. The minimum Gasteiger partial charge on any atom is -0.486 e. The number of hydrogen-bond acceptors (Lipinski definition) is 5.